The molecule has 0 fully saturated rings. The highest BCUT2D eigenvalue weighted by Crippen LogP contribution is 2.24. The minimum absolute atomic E-state index is 0.0437. The van der Waals surface area contributed by atoms with Crippen LogP contribution in [0.3, 0.4) is 0 Å². The van der Waals surface area contributed by atoms with E-state index in [1.54, 1.807) is 12.1 Å². The number of nitrogens with zero attached hydrogens (tertiary/aromatic N) is 1. The standard InChI is InChI=1S/C18H21N3O5S/c1-12(2)19-18(22)10-14-5-7-15(8-6-14)20-27(25,26)16-9-4-13(3)17(11-16)21(23)24/h4-9,11-12,20H,10H2,1-3H3,(H,19,22). The van der Waals surface area contributed by atoms with Crippen LogP contribution in [0.5, 0.6) is 0 Å². The Bertz CT molecular complexity index is 953. The normalized spacial score (nSPS) is 11.3. The van der Waals surface area contributed by atoms with Gasteiger partial charge in [-0.2, -0.15) is 0 Å². The van der Waals surface area contributed by atoms with Crippen molar-refractivity contribution < 1.29 is 18.1 Å². The van der Waals surface area contributed by atoms with Crippen LogP contribution >= 0.6 is 0 Å². The largest absolute Gasteiger partial charge is 0.354 e. The number of carbonyl (C=O) groups is 1. The molecule has 0 spiro atoms. The van der Waals surface area contributed by atoms with E-state index in [2.05, 4.69) is 10.0 Å². The summed E-state index contributed by atoms with van der Waals surface area (Å²) in [7, 11) is -3.97. The number of nitrogens with one attached hydrogen (secondary N) is 2. The van der Waals surface area contributed by atoms with E-state index in [4.69, 9.17) is 0 Å². The van der Waals surface area contributed by atoms with Crippen LogP contribution in [0, 0.1) is 17.0 Å². The minimum Gasteiger partial charge on any atom is -0.354 e. The van der Waals surface area contributed by atoms with Gasteiger partial charge in [-0.1, -0.05) is 18.2 Å². The zero-order valence-electron chi connectivity index (χ0n) is 15.2. The summed E-state index contributed by atoms with van der Waals surface area (Å²) < 4.78 is 27.3. The average molecular weight is 391 g/mol. The number of aryl methyl sites for hydroxylation is 1. The molecular weight excluding hydrogens is 370 g/mol. The van der Waals surface area contributed by atoms with Crippen molar-refractivity contribution in [3.05, 3.63) is 63.7 Å². The summed E-state index contributed by atoms with van der Waals surface area (Å²) in [6.45, 7) is 5.27. The van der Waals surface area contributed by atoms with Crippen molar-refractivity contribution in [2.75, 3.05) is 4.72 Å². The second-order valence-corrected chi connectivity index (χ2v) is 8.09. The molecule has 1 amide bonds. The van der Waals surface area contributed by atoms with Crippen molar-refractivity contribution in [1.29, 1.82) is 0 Å². The monoisotopic (exact) mass is 391 g/mol. The van der Waals surface area contributed by atoms with Gasteiger partial charge in [0.2, 0.25) is 5.91 Å². The molecule has 2 aromatic carbocycles. The lowest BCUT2D eigenvalue weighted by Gasteiger charge is -2.10. The first kappa shape index (κ1) is 20.4. The zero-order chi connectivity index (χ0) is 20.2. The van der Waals surface area contributed by atoms with E-state index in [0.29, 0.717) is 11.3 Å². The number of nitro groups is 1. The zero-order valence-corrected chi connectivity index (χ0v) is 16.0. The van der Waals surface area contributed by atoms with Crippen LogP contribution in [0.2, 0.25) is 0 Å². The number of benzene rings is 2. The summed E-state index contributed by atoms with van der Waals surface area (Å²) in [5.74, 6) is -0.120. The quantitative estimate of drug-likeness (QED) is 0.556. The van der Waals surface area contributed by atoms with E-state index >= 15 is 0 Å². The Morgan fingerprint density at radius 1 is 1.15 bits per heavy atom. The van der Waals surface area contributed by atoms with Gasteiger partial charge in [0.05, 0.1) is 16.2 Å². The van der Waals surface area contributed by atoms with Gasteiger partial charge in [-0.15, -0.1) is 0 Å². The Labute approximate surface area is 157 Å². The summed E-state index contributed by atoms with van der Waals surface area (Å²) in [6, 6.07) is 10.2. The molecule has 0 aliphatic heterocycles. The Kier molecular flexibility index (Phi) is 6.17. The van der Waals surface area contributed by atoms with Crippen molar-refractivity contribution in [3.8, 4) is 0 Å². The summed E-state index contributed by atoms with van der Waals surface area (Å²) in [5.41, 5.74) is 1.15. The number of hydrogen-bond donors (Lipinski definition) is 2. The molecule has 8 nitrogen and oxygen atoms in total. The van der Waals surface area contributed by atoms with Crippen LogP contribution in [0.25, 0.3) is 0 Å². The third-order valence-electron chi connectivity index (χ3n) is 3.71. The maximum Gasteiger partial charge on any atom is 0.273 e. The molecule has 0 unspecified atom stereocenters. The fourth-order valence-electron chi connectivity index (χ4n) is 2.42. The van der Waals surface area contributed by atoms with Crippen LogP contribution in [-0.2, 0) is 21.2 Å². The first-order valence-corrected chi connectivity index (χ1v) is 9.73. The van der Waals surface area contributed by atoms with Crippen LogP contribution in [-0.4, -0.2) is 25.3 Å². The van der Waals surface area contributed by atoms with Crippen molar-refractivity contribution in [2.45, 2.75) is 38.1 Å². The molecule has 0 bridgehead atoms. The fourth-order valence-corrected chi connectivity index (χ4v) is 3.49. The van der Waals surface area contributed by atoms with Crippen LogP contribution in [0.15, 0.2) is 47.4 Å². The first-order chi connectivity index (χ1) is 12.6. The number of sulfonamides is 1. The number of amides is 1. The molecule has 144 valence electrons. The molecule has 0 atom stereocenters. The van der Waals surface area contributed by atoms with Gasteiger partial charge < -0.3 is 5.32 Å². The van der Waals surface area contributed by atoms with E-state index in [0.717, 1.165) is 11.6 Å². The van der Waals surface area contributed by atoms with Gasteiger partial charge in [0, 0.05) is 23.4 Å². The maximum atomic E-state index is 12.5. The Morgan fingerprint density at radius 2 is 1.78 bits per heavy atom. The van der Waals surface area contributed by atoms with Gasteiger partial charge in [0.25, 0.3) is 15.7 Å². The average Bonchev–Trinajstić information content (AvgIpc) is 2.55. The summed E-state index contributed by atoms with van der Waals surface area (Å²) in [6.07, 6.45) is 0.190. The lowest BCUT2D eigenvalue weighted by atomic mass is 10.1. The molecule has 2 rings (SSSR count). The molecule has 27 heavy (non-hydrogen) atoms. The minimum atomic E-state index is -3.97. The lowest BCUT2D eigenvalue weighted by molar-refractivity contribution is -0.385. The van der Waals surface area contributed by atoms with Crippen molar-refractivity contribution in [1.82, 2.24) is 5.32 Å². The molecule has 2 N–H and O–H groups in total. The first-order valence-electron chi connectivity index (χ1n) is 8.24. The summed E-state index contributed by atoms with van der Waals surface area (Å²) >= 11 is 0. The second-order valence-electron chi connectivity index (χ2n) is 6.41. The molecule has 2 aromatic rings. The van der Waals surface area contributed by atoms with Gasteiger partial charge in [0.15, 0.2) is 0 Å². The summed E-state index contributed by atoms with van der Waals surface area (Å²) in [4.78, 5) is 22.0. The molecule has 0 radical (unpaired) electrons. The third kappa shape index (κ3) is 5.52. The smallest absolute Gasteiger partial charge is 0.273 e. The van der Waals surface area contributed by atoms with Gasteiger partial charge in [-0.05, 0) is 44.5 Å². The molecule has 0 aliphatic carbocycles. The lowest BCUT2D eigenvalue weighted by Crippen LogP contribution is -2.31. The molecule has 0 saturated heterocycles. The SMILES string of the molecule is Cc1ccc(S(=O)(=O)Nc2ccc(CC(=O)NC(C)C)cc2)cc1[N+](=O)[O-]. The van der Waals surface area contributed by atoms with Gasteiger partial charge in [0.1, 0.15) is 0 Å². The van der Waals surface area contributed by atoms with E-state index in [1.807, 2.05) is 13.8 Å². The van der Waals surface area contributed by atoms with Crippen molar-refractivity contribution >= 4 is 27.3 Å². The highest BCUT2D eigenvalue weighted by Gasteiger charge is 2.20. The van der Waals surface area contributed by atoms with E-state index < -0.39 is 14.9 Å². The second kappa shape index (κ2) is 8.17. The molecule has 9 heteroatoms. The van der Waals surface area contributed by atoms with Gasteiger partial charge >= 0.3 is 0 Å². The van der Waals surface area contributed by atoms with Crippen LogP contribution in [0.1, 0.15) is 25.0 Å². The fraction of sp³-hybridized carbons (Fsp3) is 0.278. The van der Waals surface area contributed by atoms with Crippen molar-refractivity contribution in [3.63, 3.8) is 0 Å². The Morgan fingerprint density at radius 3 is 2.33 bits per heavy atom. The molecule has 0 aromatic heterocycles. The van der Waals surface area contributed by atoms with Crippen molar-refractivity contribution in [2.24, 2.45) is 0 Å². The molecular formula is C18H21N3O5S. The molecule has 0 aliphatic rings. The summed E-state index contributed by atoms with van der Waals surface area (Å²) in [5, 5.41) is 13.8. The number of nitro benzene ring substituents is 1. The van der Waals surface area contributed by atoms with Gasteiger partial charge in [-0.3, -0.25) is 19.6 Å². The maximum absolute atomic E-state index is 12.5. The Balaban J connectivity index is 2.15. The number of anilines is 1. The predicted octanol–water partition coefficient (Wildman–Crippen LogP) is 2.77. The highest BCUT2D eigenvalue weighted by molar-refractivity contribution is 7.92. The van der Waals surface area contributed by atoms with E-state index in [1.165, 1.54) is 31.2 Å². The molecule has 0 heterocycles. The number of carbonyl (C=O) groups excluding carboxylic acids is 1. The Hall–Kier alpha value is -2.94. The molecule has 0 saturated carbocycles. The van der Waals surface area contributed by atoms with Gasteiger partial charge in [-0.25, -0.2) is 8.42 Å². The van der Waals surface area contributed by atoms with Crippen LogP contribution < -0.4 is 10.0 Å². The predicted molar refractivity (Wildman–Crippen MR) is 102 cm³/mol. The topological polar surface area (TPSA) is 118 Å². The highest BCUT2D eigenvalue weighted by atomic mass is 32.2. The third-order valence-corrected chi connectivity index (χ3v) is 5.09. The van der Waals surface area contributed by atoms with E-state index in [9.17, 15) is 23.3 Å². The number of hydrogen-bond acceptors (Lipinski definition) is 5. The van der Waals surface area contributed by atoms with E-state index in [-0.39, 0.29) is 29.0 Å². The van der Waals surface area contributed by atoms with Crippen LogP contribution in [0.4, 0.5) is 11.4 Å². The number of rotatable bonds is 7.